The van der Waals surface area contributed by atoms with Crippen molar-refractivity contribution in [3.63, 3.8) is 0 Å². The second-order valence-electron chi connectivity index (χ2n) is 11.0. The first-order chi connectivity index (χ1) is 17.3. The summed E-state index contributed by atoms with van der Waals surface area (Å²) in [6.45, 7) is 3.50. The van der Waals surface area contributed by atoms with Crippen molar-refractivity contribution in [2.75, 3.05) is 13.1 Å². The lowest BCUT2D eigenvalue weighted by Crippen LogP contribution is -2.40. The predicted octanol–water partition coefficient (Wildman–Crippen LogP) is 4.66. The predicted molar refractivity (Wildman–Crippen MR) is 141 cm³/mol. The Balaban J connectivity index is 1.48. The Morgan fingerprint density at radius 3 is 2.47 bits per heavy atom. The van der Waals surface area contributed by atoms with Gasteiger partial charge in [-0.2, -0.15) is 0 Å². The fourth-order valence-electron chi connectivity index (χ4n) is 6.04. The molecule has 200 valence electrons. The molecule has 3 rings (SSSR count). The van der Waals surface area contributed by atoms with E-state index in [0.29, 0.717) is 44.7 Å². The van der Waals surface area contributed by atoms with E-state index in [4.69, 9.17) is 5.73 Å². The highest BCUT2D eigenvalue weighted by molar-refractivity contribution is 5.77. The summed E-state index contributed by atoms with van der Waals surface area (Å²) in [5.74, 6) is -0.247. The lowest BCUT2D eigenvalue weighted by molar-refractivity contribution is -0.143. The number of carbonyl (C=O) groups is 3. The van der Waals surface area contributed by atoms with Crippen LogP contribution in [-0.2, 0) is 14.4 Å². The molecule has 1 saturated carbocycles. The Kier molecular flexibility index (Phi) is 11.2. The molecule has 7 heteroatoms. The highest BCUT2D eigenvalue weighted by Gasteiger charge is 2.37. The van der Waals surface area contributed by atoms with Crippen LogP contribution < -0.4 is 11.1 Å². The normalized spacial score (nSPS) is 21.2. The van der Waals surface area contributed by atoms with Gasteiger partial charge in [0.1, 0.15) is 6.04 Å². The number of nitrogens with two attached hydrogens (primary N) is 1. The summed E-state index contributed by atoms with van der Waals surface area (Å²) in [5.41, 5.74) is 6.86. The minimum atomic E-state index is -0.803. The number of carboxylic acid groups (broad SMARTS) is 1. The van der Waals surface area contributed by atoms with Gasteiger partial charge in [-0.1, -0.05) is 69.4 Å². The van der Waals surface area contributed by atoms with E-state index in [0.717, 1.165) is 37.2 Å². The van der Waals surface area contributed by atoms with Gasteiger partial charge in [0.05, 0.1) is 0 Å². The van der Waals surface area contributed by atoms with Crippen LogP contribution in [0.25, 0.3) is 0 Å². The molecule has 2 amide bonds. The van der Waals surface area contributed by atoms with Gasteiger partial charge in [0.2, 0.25) is 11.8 Å². The number of hydrogen-bond acceptors (Lipinski definition) is 4. The molecule has 1 saturated heterocycles. The first-order valence-corrected chi connectivity index (χ1v) is 13.9. The largest absolute Gasteiger partial charge is 0.480 e. The minimum absolute atomic E-state index is 0.146. The molecule has 1 aromatic carbocycles. The molecule has 0 radical (unpaired) electrons. The molecule has 7 nitrogen and oxygen atoms in total. The molecule has 2 aliphatic rings. The van der Waals surface area contributed by atoms with E-state index in [2.05, 4.69) is 12.2 Å². The summed E-state index contributed by atoms with van der Waals surface area (Å²) in [4.78, 5) is 38.5. The molecule has 3 unspecified atom stereocenters. The molecule has 0 bridgehead atoms. The third-order valence-electron chi connectivity index (χ3n) is 8.23. The third kappa shape index (κ3) is 8.61. The highest BCUT2D eigenvalue weighted by Crippen LogP contribution is 2.35. The van der Waals surface area contributed by atoms with E-state index in [1.165, 1.54) is 25.7 Å². The van der Waals surface area contributed by atoms with E-state index in [1.54, 1.807) is 0 Å². The quantitative estimate of drug-likeness (QED) is 0.325. The second kappa shape index (κ2) is 14.4. The van der Waals surface area contributed by atoms with E-state index in [9.17, 15) is 19.5 Å². The topological polar surface area (TPSA) is 113 Å². The maximum atomic E-state index is 12.4. The van der Waals surface area contributed by atoms with Gasteiger partial charge in [0, 0.05) is 24.9 Å². The average Bonchev–Trinajstić information content (AvgIpc) is 3.56. The average molecular weight is 500 g/mol. The Hall–Kier alpha value is -2.41. The number of aliphatic carboxylic acids is 1. The number of primary amides is 1. The molecule has 36 heavy (non-hydrogen) atoms. The Bertz CT molecular complexity index is 840. The molecule has 0 spiro atoms. The maximum absolute atomic E-state index is 12.4. The van der Waals surface area contributed by atoms with E-state index in [1.807, 2.05) is 35.2 Å². The summed E-state index contributed by atoms with van der Waals surface area (Å²) < 4.78 is 0. The molecule has 2 fully saturated rings. The van der Waals surface area contributed by atoms with Gasteiger partial charge in [-0.15, -0.1) is 0 Å². The molecule has 4 N–H and O–H groups in total. The lowest BCUT2D eigenvalue weighted by atomic mass is 9.88. The molecule has 1 aliphatic carbocycles. The van der Waals surface area contributed by atoms with Crippen molar-refractivity contribution in [2.45, 2.75) is 96.1 Å². The van der Waals surface area contributed by atoms with Crippen molar-refractivity contribution in [3.05, 3.63) is 35.9 Å². The lowest BCUT2D eigenvalue weighted by Gasteiger charge is -2.33. The number of benzene rings is 1. The van der Waals surface area contributed by atoms with Crippen molar-refractivity contribution in [2.24, 2.45) is 23.5 Å². The molecule has 4 atom stereocenters. The molecule has 1 heterocycles. The smallest absolute Gasteiger partial charge is 0.320 e. The van der Waals surface area contributed by atoms with Crippen LogP contribution in [0.3, 0.4) is 0 Å². The summed E-state index contributed by atoms with van der Waals surface area (Å²) in [6, 6.07) is 9.20. The van der Waals surface area contributed by atoms with Crippen molar-refractivity contribution < 1.29 is 19.5 Å². The number of rotatable bonds is 15. The zero-order valence-electron chi connectivity index (χ0n) is 21.9. The standard InChI is InChI=1S/C29H45N3O4/c1-21(20-31-27(33)17-16-22-10-5-6-11-22)9-7-14-24(28(30)34)19-26(23-12-3-2-4-13-23)32-18-8-15-25(32)29(35)36/h2-4,12-13,21-22,24-26H,5-11,14-20H2,1H3,(H2,30,34)(H,31,33)(H,35,36)/t21?,24?,25-,26?/m1/s1. The van der Waals surface area contributed by atoms with Gasteiger partial charge < -0.3 is 16.2 Å². The monoisotopic (exact) mass is 499 g/mol. The van der Waals surface area contributed by atoms with Crippen LogP contribution in [0.15, 0.2) is 30.3 Å². The van der Waals surface area contributed by atoms with Gasteiger partial charge >= 0.3 is 5.97 Å². The summed E-state index contributed by atoms with van der Waals surface area (Å²) in [6.07, 6.45) is 11.2. The number of nitrogens with zero attached hydrogens (tertiary/aromatic N) is 1. The van der Waals surface area contributed by atoms with Gasteiger partial charge in [-0.3, -0.25) is 19.3 Å². The Morgan fingerprint density at radius 1 is 1.08 bits per heavy atom. The minimum Gasteiger partial charge on any atom is -0.480 e. The van der Waals surface area contributed by atoms with Gasteiger partial charge in [0.15, 0.2) is 0 Å². The SMILES string of the molecule is CC(CCCC(CC(c1ccccc1)N1CCC[C@@H]1C(=O)O)C(N)=O)CNC(=O)CCC1CCCC1. The van der Waals surface area contributed by atoms with Crippen LogP contribution >= 0.6 is 0 Å². The molecule has 1 aromatic rings. The van der Waals surface area contributed by atoms with Crippen LogP contribution in [0.1, 0.15) is 95.6 Å². The van der Waals surface area contributed by atoms with Gasteiger partial charge in [-0.05, 0) is 62.5 Å². The molecule has 1 aliphatic heterocycles. The first kappa shape index (κ1) is 28.2. The Morgan fingerprint density at radius 2 is 1.81 bits per heavy atom. The fraction of sp³-hybridized carbons (Fsp3) is 0.690. The summed E-state index contributed by atoms with van der Waals surface area (Å²) >= 11 is 0. The van der Waals surface area contributed by atoms with E-state index >= 15 is 0 Å². The number of carbonyl (C=O) groups excluding carboxylic acids is 2. The summed E-state index contributed by atoms with van der Waals surface area (Å²) in [5, 5.41) is 12.8. The van der Waals surface area contributed by atoms with E-state index < -0.39 is 12.0 Å². The van der Waals surface area contributed by atoms with Crippen LogP contribution in [0, 0.1) is 17.8 Å². The van der Waals surface area contributed by atoms with Crippen molar-refractivity contribution in [1.82, 2.24) is 10.2 Å². The van der Waals surface area contributed by atoms with Crippen molar-refractivity contribution in [3.8, 4) is 0 Å². The van der Waals surface area contributed by atoms with Crippen LogP contribution in [0.4, 0.5) is 0 Å². The zero-order chi connectivity index (χ0) is 25.9. The van der Waals surface area contributed by atoms with Gasteiger partial charge in [-0.25, -0.2) is 0 Å². The number of carboxylic acids is 1. The Labute approximate surface area is 216 Å². The maximum Gasteiger partial charge on any atom is 0.320 e. The van der Waals surface area contributed by atoms with Gasteiger partial charge in [0.25, 0.3) is 0 Å². The highest BCUT2D eigenvalue weighted by atomic mass is 16.4. The zero-order valence-corrected chi connectivity index (χ0v) is 21.9. The van der Waals surface area contributed by atoms with Crippen LogP contribution in [-0.4, -0.2) is 46.9 Å². The van der Waals surface area contributed by atoms with Crippen molar-refractivity contribution in [1.29, 1.82) is 0 Å². The second-order valence-corrected chi connectivity index (χ2v) is 11.0. The number of hydrogen-bond donors (Lipinski definition) is 3. The first-order valence-electron chi connectivity index (χ1n) is 13.9. The third-order valence-corrected chi connectivity index (χ3v) is 8.23. The van der Waals surface area contributed by atoms with Crippen LogP contribution in [0.5, 0.6) is 0 Å². The molecular weight excluding hydrogens is 454 g/mol. The van der Waals surface area contributed by atoms with Crippen LogP contribution in [0.2, 0.25) is 0 Å². The number of likely N-dealkylation sites (tertiary alicyclic amines) is 1. The number of nitrogens with one attached hydrogen (secondary N) is 1. The fourth-order valence-corrected chi connectivity index (χ4v) is 6.04. The number of amides is 2. The van der Waals surface area contributed by atoms with E-state index in [-0.39, 0.29) is 23.8 Å². The molecule has 0 aromatic heterocycles. The summed E-state index contributed by atoms with van der Waals surface area (Å²) in [7, 11) is 0. The molecular formula is C29H45N3O4. The van der Waals surface area contributed by atoms with Crippen molar-refractivity contribution >= 4 is 17.8 Å².